The Morgan fingerprint density at radius 3 is 2.43 bits per heavy atom. The quantitative estimate of drug-likeness (QED) is 0.692. The Bertz CT molecular complexity index is 1350. The van der Waals surface area contributed by atoms with Gasteiger partial charge in [0.15, 0.2) is 0 Å². The Hall–Kier alpha value is -4.01. The van der Waals surface area contributed by atoms with E-state index in [0.717, 1.165) is 5.56 Å². The predicted molar refractivity (Wildman–Crippen MR) is 105 cm³/mol. The summed E-state index contributed by atoms with van der Waals surface area (Å²) in [5, 5.41) is 19.6. The van der Waals surface area contributed by atoms with Gasteiger partial charge in [-0.2, -0.15) is 10.5 Å². The number of nitrogens with zero attached hydrogens (tertiary/aromatic N) is 5. The van der Waals surface area contributed by atoms with Crippen LogP contribution in [0.1, 0.15) is 17.0 Å². The fourth-order valence-electron chi connectivity index (χ4n) is 3.14. The second-order valence-corrected chi connectivity index (χ2v) is 7.03. The van der Waals surface area contributed by atoms with Gasteiger partial charge in [-0.05, 0) is 29.3 Å². The minimum atomic E-state index is -0.659. The summed E-state index contributed by atoms with van der Waals surface area (Å²) < 4.78 is 2.08. The molecule has 0 saturated heterocycles. The summed E-state index contributed by atoms with van der Waals surface area (Å²) in [5.41, 5.74) is 7.72. The van der Waals surface area contributed by atoms with Crippen LogP contribution >= 0.6 is 11.3 Å². The van der Waals surface area contributed by atoms with Crippen LogP contribution in [-0.2, 0) is 0 Å². The Labute approximate surface area is 163 Å². The van der Waals surface area contributed by atoms with Gasteiger partial charge in [-0.15, -0.1) is 11.3 Å². The zero-order chi connectivity index (χ0) is 19.7. The molecule has 0 spiro atoms. The Kier molecular flexibility index (Phi) is 4.32. The fourth-order valence-corrected chi connectivity index (χ4v) is 4.27. The van der Waals surface area contributed by atoms with E-state index in [4.69, 9.17) is 5.73 Å². The number of thiazole rings is 1. The van der Waals surface area contributed by atoms with Gasteiger partial charge >= 0.3 is 0 Å². The fraction of sp³-hybridized carbons (Fsp3) is 0.0500. The molecule has 3 aromatic heterocycles. The lowest BCUT2D eigenvalue weighted by molar-refractivity contribution is 0.902. The van der Waals surface area contributed by atoms with Crippen LogP contribution in [0, 0.1) is 22.7 Å². The number of nitriles is 2. The first-order valence-corrected chi connectivity index (χ1v) is 9.05. The van der Waals surface area contributed by atoms with Crippen molar-refractivity contribution in [3.05, 3.63) is 85.3 Å². The predicted octanol–water partition coefficient (Wildman–Crippen LogP) is 0.651. The van der Waals surface area contributed by atoms with Crippen molar-refractivity contribution >= 4 is 28.8 Å². The maximum Gasteiger partial charge on any atom is 0.274 e. The van der Waals surface area contributed by atoms with E-state index in [1.807, 2.05) is 6.07 Å². The first-order valence-electron chi connectivity index (χ1n) is 8.23. The third-order valence-electron chi connectivity index (χ3n) is 4.39. The van der Waals surface area contributed by atoms with Crippen molar-refractivity contribution in [3.8, 4) is 12.1 Å². The summed E-state index contributed by atoms with van der Waals surface area (Å²) in [4.78, 5) is 21.1. The van der Waals surface area contributed by atoms with E-state index in [1.54, 1.807) is 49.1 Å². The third kappa shape index (κ3) is 2.69. The molecule has 4 rings (SSSR count). The number of pyridine rings is 2. The summed E-state index contributed by atoms with van der Waals surface area (Å²) in [7, 11) is 0. The maximum absolute atomic E-state index is 13.0. The minimum absolute atomic E-state index is 0.0393. The number of hydrogen-bond acceptors (Lipinski definition) is 7. The number of fused-ring (bicyclic) bond motifs is 1. The van der Waals surface area contributed by atoms with Crippen LogP contribution in [0.25, 0.3) is 17.5 Å². The van der Waals surface area contributed by atoms with Gasteiger partial charge in [0.25, 0.3) is 5.56 Å². The highest BCUT2D eigenvalue weighted by molar-refractivity contribution is 7.07. The molecule has 3 aromatic rings. The molecule has 8 heteroatoms. The van der Waals surface area contributed by atoms with Crippen LogP contribution in [0.2, 0.25) is 0 Å². The second kappa shape index (κ2) is 6.95. The topological polar surface area (TPSA) is 121 Å². The van der Waals surface area contributed by atoms with Crippen LogP contribution in [0.4, 0.5) is 0 Å². The molecule has 28 heavy (non-hydrogen) atoms. The van der Waals surface area contributed by atoms with Crippen molar-refractivity contribution in [2.45, 2.75) is 5.92 Å². The van der Waals surface area contributed by atoms with Crippen LogP contribution in [0.3, 0.4) is 0 Å². The highest BCUT2D eigenvalue weighted by Gasteiger charge is 2.32. The lowest BCUT2D eigenvalue weighted by Crippen LogP contribution is -2.38. The Morgan fingerprint density at radius 1 is 1.11 bits per heavy atom. The lowest BCUT2D eigenvalue weighted by Gasteiger charge is -2.21. The van der Waals surface area contributed by atoms with Gasteiger partial charge in [-0.1, -0.05) is 12.1 Å². The highest BCUT2D eigenvalue weighted by Crippen LogP contribution is 2.34. The smallest absolute Gasteiger partial charge is 0.274 e. The van der Waals surface area contributed by atoms with Crippen LogP contribution in [0.5, 0.6) is 0 Å². The third-order valence-corrected chi connectivity index (χ3v) is 5.50. The number of aromatic nitrogens is 3. The van der Waals surface area contributed by atoms with E-state index in [1.165, 1.54) is 15.9 Å². The summed E-state index contributed by atoms with van der Waals surface area (Å²) in [6.45, 7) is 0. The molecule has 0 aliphatic carbocycles. The first-order chi connectivity index (χ1) is 13.7. The van der Waals surface area contributed by atoms with Crippen molar-refractivity contribution in [2.75, 3.05) is 0 Å². The molecule has 0 amide bonds. The highest BCUT2D eigenvalue weighted by atomic mass is 32.1. The molecule has 0 fully saturated rings. The zero-order valence-corrected chi connectivity index (χ0v) is 15.2. The lowest BCUT2D eigenvalue weighted by atomic mass is 9.85. The second-order valence-electron chi connectivity index (χ2n) is 6.00. The average Bonchev–Trinajstić information content (AvgIpc) is 3.05. The number of rotatable bonds is 2. The van der Waals surface area contributed by atoms with Gasteiger partial charge in [0.05, 0.1) is 33.7 Å². The molecule has 1 aliphatic rings. The average molecular weight is 384 g/mol. The molecule has 0 saturated carbocycles. The van der Waals surface area contributed by atoms with Crippen LogP contribution < -0.4 is 20.5 Å². The number of hydrogen-bond donors (Lipinski definition) is 1. The summed E-state index contributed by atoms with van der Waals surface area (Å²) in [6.07, 6.45) is 8.18. The van der Waals surface area contributed by atoms with Gasteiger partial charge < -0.3 is 5.73 Å². The normalized spacial score (nSPS) is 16.4. The first kappa shape index (κ1) is 17.4. The van der Waals surface area contributed by atoms with Crippen LogP contribution in [0.15, 0.2) is 59.4 Å². The molecule has 1 atom stereocenters. The molecule has 0 radical (unpaired) electrons. The zero-order valence-electron chi connectivity index (χ0n) is 14.4. The van der Waals surface area contributed by atoms with Crippen molar-refractivity contribution in [2.24, 2.45) is 5.73 Å². The standard InChI is InChI=1S/C20H12N6OS/c21-8-14-17(13-4-2-6-25-11-13)15(9-22)20-26(18(14)23)19(27)16(28-20)7-12-3-1-5-24-10-12/h1-7,10-11,17H,23H2/b16-7-. The SMILES string of the molecule is N#CC1=C(N)n2c(s/c(=C\c3cccnc3)c2=O)=C(C#N)C1c1cccnc1. The van der Waals surface area contributed by atoms with Gasteiger partial charge in [0.1, 0.15) is 10.5 Å². The van der Waals surface area contributed by atoms with Gasteiger partial charge in [-0.25, -0.2) is 0 Å². The van der Waals surface area contributed by atoms with Gasteiger partial charge in [0.2, 0.25) is 0 Å². The van der Waals surface area contributed by atoms with Crippen molar-refractivity contribution in [1.82, 2.24) is 14.5 Å². The number of nitrogens with two attached hydrogens (primary N) is 1. The van der Waals surface area contributed by atoms with Crippen LogP contribution in [-0.4, -0.2) is 14.5 Å². The number of allylic oxidation sites excluding steroid dienone is 1. The Morgan fingerprint density at radius 2 is 1.82 bits per heavy atom. The van der Waals surface area contributed by atoms with E-state index in [2.05, 4.69) is 22.1 Å². The molecule has 1 unspecified atom stereocenters. The Balaban J connectivity index is 2.08. The summed E-state index contributed by atoms with van der Waals surface area (Å²) in [6, 6.07) is 11.3. The monoisotopic (exact) mass is 384 g/mol. The van der Waals surface area contributed by atoms with E-state index >= 15 is 0 Å². The molecule has 0 aromatic carbocycles. The molecule has 0 bridgehead atoms. The molecule has 134 valence electrons. The molecule has 1 aliphatic heterocycles. The summed E-state index contributed by atoms with van der Waals surface area (Å²) >= 11 is 1.17. The van der Waals surface area contributed by atoms with Crippen molar-refractivity contribution < 1.29 is 0 Å². The minimum Gasteiger partial charge on any atom is -0.384 e. The summed E-state index contributed by atoms with van der Waals surface area (Å²) in [5.74, 6) is -0.620. The van der Waals surface area contributed by atoms with Gasteiger partial charge in [-0.3, -0.25) is 19.3 Å². The molecule has 4 heterocycles. The van der Waals surface area contributed by atoms with E-state index in [9.17, 15) is 15.3 Å². The molecule has 2 N–H and O–H groups in total. The van der Waals surface area contributed by atoms with E-state index in [-0.39, 0.29) is 17.0 Å². The van der Waals surface area contributed by atoms with E-state index in [0.29, 0.717) is 20.3 Å². The van der Waals surface area contributed by atoms with E-state index < -0.39 is 5.92 Å². The molecular weight excluding hydrogens is 372 g/mol. The van der Waals surface area contributed by atoms with Crippen molar-refractivity contribution in [1.29, 1.82) is 10.5 Å². The maximum atomic E-state index is 13.0. The molecular formula is C20H12N6OS. The largest absolute Gasteiger partial charge is 0.384 e. The van der Waals surface area contributed by atoms with Crippen molar-refractivity contribution in [3.63, 3.8) is 0 Å². The molecule has 7 nitrogen and oxygen atoms in total. The van der Waals surface area contributed by atoms with Gasteiger partial charge in [0, 0.05) is 24.8 Å².